The molecule has 0 bridgehead atoms. The summed E-state index contributed by atoms with van der Waals surface area (Å²) in [4.78, 5) is 16.6. The van der Waals surface area contributed by atoms with Crippen molar-refractivity contribution in [3.8, 4) is 5.75 Å². The van der Waals surface area contributed by atoms with Crippen LogP contribution in [-0.4, -0.2) is 24.5 Å². The molecule has 2 aromatic rings. The topological polar surface area (TPSA) is 51.2 Å². The van der Waals surface area contributed by atoms with E-state index >= 15 is 0 Å². The van der Waals surface area contributed by atoms with Crippen LogP contribution in [0.15, 0.2) is 29.8 Å². The Hall–Kier alpha value is -1.88. The van der Waals surface area contributed by atoms with Crippen molar-refractivity contribution < 1.29 is 9.53 Å². The molecule has 0 aliphatic carbocycles. The van der Waals surface area contributed by atoms with Crippen molar-refractivity contribution >= 4 is 17.2 Å². The predicted octanol–water partition coefficient (Wildman–Crippen LogP) is 2.43. The number of nitrogens with one attached hydrogen (secondary N) is 1. The van der Waals surface area contributed by atoms with E-state index in [0.717, 1.165) is 23.4 Å². The Morgan fingerprint density at radius 3 is 3.00 bits per heavy atom. The lowest BCUT2D eigenvalue weighted by molar-refractivity contribution is 0.0957. The van der Waals surface area contributed by atoms with Crippen LogP contribution in [0.4, 0.5) is 0 Å². The van der Waals surface area contributed by atoms with E-state index in [1.54, 1.807) is 12.6 Å². The molecule has 0 atom stereocenters. The number of nitrogens with zero attached hydrogens (tertiary/aromatic N) is 1. The second-order valence-corrected chi connectivity index (χ2v) is 4.98. The van der Waals surface area contributed by atoms with E-state index in [9.17, 15) is 4.79 Å². The molecule has 0 radical (unpaired) electrons. The number of hydrogen-bond acceptors (Lipinski definition) is 4. The van der Waals surface area contributed by atoms with Gasteiger partial charge in [-0.05, 0) is 31.0 Å². The summed E-state index contributed by atoms with van der Waals surface area (Å²) in [6.07, 6.45) is 0.779. The van der Waals surface area contributed by atoms with Crippen molar-refractivity contribution in [1.82, 2.24) is 10.3 Å². The summed E-state index contributed by atoms with van der Waals surface area (Å²) in [5, 5.41) is 2.90. The number of hydrogen-bond donors (Lipinski definition) is 1. The van der Waals surface area contributed by atoms with Crippen LogP contribution in [0.5, 0.6) is 5.75 Å². The predicted molar refractivity (Wildman–Crippen MR) is 75.9 cm³/mol. The minimum Gasteiger partial charge on any atom is -0.497 e. The Morgan fingerprint density at radius 2 is 2.32 bits per heavy atom. The van der Waals surface area contributed by atoms with Crippen LogP contribution in [0, 0.1) is 6.92 Å². The van der Waals surface area contributed by atoms with Gasteiger partial charge in [-0.3, -0.25) is 4.79 Å². The third-order valence-corrected chi connectivity index (χ3v) is 3.71. The third kappa shape index (κ3) is 3.54. The van der Waals surface area contributed by atoms with E-state index in [0.29, 0.717) is 11.4 Å². The summed E-state index contributed by atoms with van der Waals surface area (Å²) in [6.45, 7) is 2.44. The molecule has 0 fully saturated rings. The molecule has 0 aliphatic rings. The Morgan fingerprint density at radius 1 is 1.47 bits per heavy atom. The summed E-state index contributed by atoms with van der Waals surface area (Å²) in [5.41, 5.74) is 3.61. The SMILES string of the molecule is COc1cccc(CCNC(=O)c2scnc2C)c1. The molecule has 4 nitrogen and oxygen atoms in total. The number of amides is 1. The summed E-state index contributed by atoms with van der Waals surface area (Å²) >= 11 is 1.37. The van der Waals surface area contributed by atoms with Crippen LogP contribution in [0.2, 0.25) is 0 Å². The second kappa shape index (κ2) is 6.33. The molecular formula is C14H16N2O2S. The fourth-order valence-electron chi connectivity index (χ4n) is 1.75. The highest BCUT2D eigenvalue weighted by Gasteiger charge is 2.10. The van der Waals surface area contributed by atoms with E-state index in [1.165, 1.54) is 11.3 Å². The quantitative estimate of drug-likeness (QED) is 0.912. The molecule has 1 heterocycles. The lowest BCUT2D eigenvalue weighted by Crippen LogP contribution is -2.25. The van der Waals surface area contributed by atoms with E-state index in [4.69, 9.17) is 4.74 Å². The van der Waals surface area contributed by atoms with Crippen molar-refractivity contribution in [2.75, 3.05) is 13.7 Å². The van der Waals surface area contributed by atoms with Gasteiger partial charge in [0.1, 0.15) is 10.6 Å². The molecule has 1 N–H and O–H groups in total. The minimum absolute atomic E-state index is 0.0529. The Balaban J connectivity index is 1.86. The van der Waals surface area contributed by atoms with E-state index in [-0.39, 0.29) is 5.91 Å². The number of methoxy groups -OCH3 is 1. The van der Waals surface area contributed by atoms with Gasteiger partial charge in [-0.15, -0.1) is 11.3 Å². The van der Waals surface area contributed by atoms with Gasteiger partial charge in [0.2, 0.25) is 0 Å². The first-order valence-electron chi connectivity index (χ1n) is 6.02. The number of carbonyl (C=O) groups excluding carboxylic acids is 1. The van der Waals surface area contributed by atoms with Crippen molar-refractivity contribution in [3.63, 3.8) is 0 Å². The van der Waals surface area contributed by atoms with Crippen LogP contribution in [0.3, 0.4) is 0 Å². The molecule has 1 aromatic heterocycles. The summed E-state index contributed by atoms with van der Waals surface area (Å²) in [6, 6.07) is 7.85. The maximum atomic E-state index is 11.9. The molecule has 0 aliphatic heterocycles. The zero-order valence-corrected chi connectivity index (χ0v) is 11.8. The van der Waals surface area contributed by atoms with Gasteiger partial charge in [0.25, 0.3) is 5.91 Å². The van der Waals surface area contributed by atoms with Crippen molar-refractivity contribution in [1.29, 1.82) is 0 Å². The molecule has 1 aromatic carbocycles. The van der Waals surface area contributed by atoms with Crippen LogP contribution < -0.4 is 10.1 Å². The number of benzene rings is 1. The molecule has 0 spiro atoms. The number of aromatic nitrogens is 1. The van der Waals surface area contributed by atoms with Gasteiger partial charge in [-0.1, -0.05) is 12.1 Å². The largest absolute Gasteiger partial charge is 0.497 e. The maximum Gasteiger partial charge on any atom is 0.263 e. The third-order valence-electron chi connectivity index (χ3n) is 2.79. The van der Waals surface area contributed by atoms with Gasteiger partial charge in [0.15, 0.2) is 0 Å². The highest BCUT2D eigenvalue weighted by Crippen LogP contribution is 2.13. The molecule has 0 unspecified atom stereocenters. The first-order chi connectivity index (χ1) is 9.20. The summed E-state index contributed by atoms with van der Waals surface area (Å²) in [7, 11) is 1.65. The lowest BCUT2D eigenvalue weighted by Gasteiger charge is -2.06. The average molecular weight is 276 g/mol. The van der Waals surface area contributed by atoms with Gasteiger partial charge < -0.3 is 10.1 Å². The fraction of sp³-hybridized carbons (Fsp3) is 0.286. The van der Waals surface area contributed by atoms with Gasteiger partial charge in [0, 0.05) is 6.54 Å². The zero-order valence-electron chi connectivity index (χ0n) is 11.0. The van der Waals surface area contributed by atoms with E-state index in [1.807, 2.05) is 31.2 Å². The Labute approximate surface area is 116 Å². The first kappa shape index (κ1) is 13.5. The first-order valence-corrected chi connectivity index (χ1v) is 6.90. The molecule has 0 saturated carbocycles. The average Bonchev–Trinajstić information content (AvgIpc) is 2.85. The number of ether oxygens (including phenoxy) is 1. The maximum absolute atomic E-state index is 11.9. The van der Waals surface area contributed by atoms with Crippen LogP contribution in [-0.2, 0) is 6.42 Å². The van der Waals surface area contributed by atoms with E-state index < -0.39 is 0 Å². The smallest absolute Gasteiger partial charge is 0.263 e. The van der Waals surface area contributed by atoms with Gasteiger partial charge in [-0.25, -0.2) is 4.98 Å². The lowest BCUT2D eigenvalue weighted by atomic mass is 10.1. The highest BCUT2D eigenvalue weighted by molar-refractivity contribution is 7.11. The number of rotatable bonds is 5. The fourth-order valence-corrected chi connectivity index (χ4v) is 2.47. The molecule has 100 valence electrons. The highest BCUT2D eigenvalue weighted by atomic mass is 32.1. The number of thiazole rings is 1. The summed E-state index contributed by atoms with van der Waals surface area (Å²) < 4.78 is 5.16. The Bertz CT molecular complexity index is 566. The monoisotopic (exact) mass is 276 g/mol. The summed E-state index contributed by atoms with van der Waals surface area (Å²) in [5.74, 6) is 0.782. The van der Waals surface area contributed by atoms with Crippen LogP contribution in [0.25, 0.3) is 0 Å². The Kier molecular flexibility index (Phi) is 4.52. The normalized spacial score (nSPS) is 10.2. The standard InChI is InChI=1S/C14H16N2O2S/c1-10-13(19-9-16-10)14(17)15-7-6-11-4-3-5-12(8-11)18-2/h3-5,8-9H,6-7H2,1-2H3,(H,15,17). The van der Waals surface area contributed by atoms with Crippen LogP contribution in [0.1, 0.15) is 20.9 Å². The van der Waals surface area contributed by atoms with Gasteiger partial charge >= 0.3 is 0 Å². The second-order valence-electron chi connectivity index (χ2n) is 4.12. The number of aryl methyl sites for hydroxylation is 1. The molecule has 1 amide bonds. The van der Waals surface area contributed by atoms with Crippen molar-refractivity contribution in [2.24, 2.45) is 0 Å². The zero-order chi connectivity index (χ0) is 13.7. The molecule has 19 heavy (non-hydrogen) atoms. The molecule has 5 heteroatoms. The minimum atomic E-state index is -0.0529. The van der Waals surface area contributed by atoms with Crippen LogP contribution >= 0.6 is 11.3 Å². The molecule has 0 saturated heterocycles. The van der Waals surface area contributed by atoms with Crippen molar-refractivity contribution in [2.45, 2.75) is 13.3 Å². The van der Waals surface area contributed by atoms with Gasteiger partial charge in [-0.2, -0.15) is 0 Å². The van der Waals surface area contributed by atoms with E-state index in [2.05, 4.69) is 10.3 Å². The van der Waals surface area contributed by atoms with Gasteiger partial charge in [0.05, 0.1) is 18.3 Å². The molecular weight excluding hydrogens is 260 g/mol. The van der Waals surface area contributed by atoms with Crippen molar-refractivity contribution in [3.05, 3.63) is 45.9 Å². The number of carbonyl (C=O) groups is 1. The molecule has 2 rings (SSSR count).